The summed E-state index contributed by atoms with van der Waals surface area (Å²) < 4.78 is 10.8. The molecule has 0 spiro atoms. The minimum absolute atomic E-state index is 0.0223. The van der Waals surface area contributed by atoms with Gasteiger partial charge in [0.25, 0.3) is 0 Å². The Labute approximate surface area is 188 Å². The number of Topliss-reactive ketones (excluding diaryl/α,β-unsaturated/α-hetero) is 1. The van der Waals surface area contributed by atoms with Crippen LogP contribution in [0, 0.1) is 0 Å². The fourth-order valence-corrected chi connectivity index (χ4v) is 4.34. The number of ketones is 1. The van der Waals surface area contributed by atoms with E-state index in [1.807, 2.05) is 47.4 Å². The highest BCUT2D eigenvalue weighted by atomic mass is 16.5. The van der Waals surface area contributed by atoms with Crippen molar-refractivity contribution >= 4 is 17.4 Å². The zero-order valence-corrected chi connectivity index (χ0v) is 18.8. The Morgan fingerprint density at radius 1 is 0.938 bits per heavy atom. The summed E-state index contributed by atoms with van der Waals surface area (Å²) in [5.41, 5.74) is 9.20. The van der Waals surface area contributed by atoms with Crippen LogP contribution in [0.15, 0.2) is 42.5 Å². The molecule has 0 aliphatic carbocycles. The van der Waals surface area contributed by atoms with Gasteiger partial charge in [0.1, 0.15) is 17.5 Å². The zero-order chi connectivity index (χ0) is 22.7. The Balaban J connectivity index is 1.34. The van der Waals surface area contributed by atoms with Crippen LogP contribution in [0.25, 0.3) is 0 Å². The number of piperazine rings is 1. The molecule has 0 aromatic heterocycles. The fraction of sp³-hybridized carbons (Fsp3) is 0.417. The van der Waals surface area contributed by atoms with Crippen molar-refractivity contribution in [2.45, 2.75) is 25.4 Å². The largest absolute Gasteiger partial charge is 0.497 e. The summed E-state index contributed by atoms with van der Waals surface area (Å²) in [5, 5.41) is 0. The zero-order valence-electron chi connectivity index (χ0n) is 18.8. The first-order valence-corrected chi connectivity index (χ1v) is 10.9. The molecule has 32 heavy (non-hydrogen) atoms. The number of amides is 1. The van der Waals surface area contributed by atoms with E-state index in [1.165, 1.54) is 0 Å². The average molecular weight is 439 g/mol. The fourth-order valence-electron chi connectivity index (χ4n) is 4.34. The molecule has 2 heterocycles. The van der Waals surface area contributed by atoms with Gasteiger partial charge in [0, 0.05) is 49.1 Å². The van der Waals surface area contributed by atoms with Gasteiger partial charge in [-0.15, -0.1) is 0 Å². The number of carbonyl (C=O) groups excluding carboxylic acids is 2. The molecule has 4 rings (SSSR count). The van der Waals surface area contributed by atoms with Crippen LogP contribution in [0.4, 0.5) is 5.69 Å². The lowest BCUT2D eigenvalue weighted by Crippen LogP contribution is -2.53. The first-order chi connectivity index (χ1) is 15.5. The van der Waals surface area contributed by atoms with E-state index in [0.717, 1.165) is 35.8 Å². The number of nitrogens with one attached hydrogen (secondary N) is 2. The quantitative estimate of drug-likeness (QED) is 0.669. The van der Waals surface area contributed by atoms with Crippen LogP contribution in [-0.4, -0.2) is 63.0 Å². The van der Waals surface area contributed by atoms with E-state index in [4.69, 9.17) is 9.47 Å². The number of methoxy groups -OCH3 is 2. The second kappa shape index (κ2) is 9.58. The predicted octanol–water partition coefficient (Wildman–Crippen LogP) is 2.16. The second-order valence-corrected chi connectivity index (χ2v) is 8.15. The number of nitrogens with zero attached hydrogens (tertiary/aromatic N) is 2. The summed E-state index contributed by atoms with van der Waals surface area (Å²) in [7, 11) is 3.26. The minimum Gasteiger partial charge on any atom is -0.497 e. The number of carbonyl (C=O) groups is 2. The van der Waals surface area contributed by atoms with Gasteiger partial charge >= 0.3 is 0 Å². The summed E-state index contributed by atoms with van der Waals surface area (Å²) in [6, 6.07) is 13.1. The Bertz CT molecular complexity index is 970. The molecule has 2 saturated heterocycles. The highest BCUT2D eigenvalue weighted by Gasteiger charge is 2.35. The van der Waals surface area contributed by atoms with Gasteiger partial charge in [-0.1, -0.05) is 6.07 Å². The van der Waals surface area contributed by atoms with Crippen molar-refractivity contribution < 1.29 is 19.1 Å². The molecule has 1 amide bonds. The van der Waals surface area contributed by atoms with E-state index >= 15 is 0 Å². The molecule has 2 aliphatic heterocycles. The maximum absolute atomic E-state index is 13.1. The van der Waals surface area contributed by atoms with Crippen molar-refractivity contribution in [2.75, 3.05) is 45.3 Å². The maximum atomic E-state index is 13.1. The van der Waals surface area contributed by atoms with Crippen molar-refractivity contribution in [2.24, 2.45) is 0 Å². The van der Waals surface area contributed by atoms with Crippen LogP contribution < -0.4 is 25.2 Å². The summed E-state index contributed by atoms with van der Waals surface area (Å²) in [6.45, 7) is 4.44. The summed E-state index contributed by atoms with van der Waals surface area (Å²) in [5.74, 6) is 1.65. The molecule has 2 N–H and O–H groups in total. The summed E-state index contributed by atoms with van der Waals surface area (Å²) in [4.78, 5) is 28.8. The van der Waals surface area contributed by atoms with Crippen molar-refractivity contribution in [1.29, 1.82) is 0 Å². The van der Waals surface area contributed by atoms with E-state index in [1.54, 1.807) is 21.1 Å². The molecule has 8 heteroatoms. The smallest absolute Gasteiger partial charge is 0.241 e. The Kier molecular flexibility index (Phi) is 6.62. The molecule has 170 valence electrons. The molecular formula is C24H30N4O4. The number of hydrogen-bond donors (Lipinski definition) is 2. The van der Waals surface area contributed by atoms with Crippen molar-refractivity contribution in [1.82, 2.24) is 15.8 Å². The van der Waals surface area contributed by atoms with Gasteiger partial charge in [-0.25, -0.2) is 10.9 Å². The van der Waals surface area contributed by atoms with Crippen LogP contribution in [0.1, 0.15) is 35.3 Å². The molecule has 0 saturated carbocycles. The Morgan fingerprint density at radius 3 is 2.28 bits per heavy atom. The predicted molar refractivity (Wildman–Crippen MR) is 122 cm³/mol. The number of benzene rings is 2. The third-order valence-electron chi connectivity index (χ3n) is 6.25. The Morgan fingerprint density at radius 2 is 1.66 bits per heavy atom. The van der Waals surface area contributed by atoms with E-state index in [0.29, 0.717) is 25.1 Å². The van der Waals surface area contributed by atoms with E-state index < -0.39 is 0 Å². The number of anilines is 1. The monoisotopic (exact) mass is 438 g/mol. The summed E-state index contributed by atoms with van der Waals surface area (Å²) in [6.07, 6.45) is 0.647. The van der Waals surface area contributed by atoms with Gasteiger partial charge in [0.05, 0.1) is 20.3 Å². The van der Waals surface area contributed by atoms with E-state index in [2.05, 4.69) is 15.8 Å². The molecule has 0 radical (unpaired) electrons. The van der Waals surface area contributed by atoms with E-state index in [9.17, 15) is 9.59 Å². The molecule has 2 fully saturated rings. The molecule has 8 nitrogen and oxygen atoms in total. The number of rotatable bonds is 6. The highest BCUT2D eigenvalue weighted by molar-refractivity contribution is 5.94. The molecule has 2 atom stereocenters. The van der Waals surface area contributed by atoms with Crippen LogP contribution in [-0.2, 0) is 4.79 Å². The van der Waals surface area contributed by atoms with Crippen molar-refractivity contribution in [3.63, 3.8) is 0 Å². The Hall–Kier alpha value is -3.10. The standard InChI is InChI=1S/C24H30N4O4/c1-16(29)17-4-6-18(7-5-17)27-10-12-28(13-11-27)24(30)22-15-21(25-26-22)20-9-8-19(31-2)14-23(20)32-3/h4-9,14,21-22,25-26H,10-13,15H2,1-3H3. The average Bonchev–Trinajstić information content (AvgIpc) is 3.33. The van der Waals surface area contributed by atoms with Gasteiger partial charge in [0.15, 0.2) is 5.78 Å². The molecule has 2 aromatic carbocycles. The molecule has 2 aliphatic rings. The highest BCUT2D eigenvalue weighted by Crippen LogP contribution is 2.33. The molecule has 2 aromatic rings. The molecule has 0 bridgehead atoms. The number of ether oxygens (including phenoxy) is 2. The third-order valence-corrected chi connectivity index (χ3v) is 6.25. The van der Waals surface area contributed by atoms with E-state index in [-0.39, 0.29) is 23.8 Å². The van der Waals surface area contributed by atoms with Gasteiger partial charge in [-0.2, -0.15) is 0 Å². The topological polar surface area (TPSA) is 83.1 Å². The van der Waals surface area contributed by atoms with Gasteiger partial charge < -0.3 is 19.3 Å². The SMILES string of the molecule is COc1ccc(C2CC(C(=O)N3CCN(c4ccc(C(C)=O)cc4)CC3)NN2)c(OC)c1. The second-order valence-electron chi connectivity index (χ2n) is 8.15. The maximum Gasteiger partial charge on any atom is 0.241 e. The number of hydrazine groups is 1. The van der Waals surface area contributed by atoms with Crippen molar-refractivity contribution in [3.8, 4) is 11.5 Å². The third kappa shape index (κ3) is 4.56. The molecule has 2 unspecified atom stereocenters. The normalized spacial score (nSPS) is 20.8. The number of hydrogen-bond acceptors (Lipinski definition) is 7. The van der Waals surface area contributed by atoms with Crippen LogP contribution >= 0.6 is 0 Å². The van der Waals surface area contributed by atoms with Crippen molar-refractivity contribution in [3.05, 3.63) is 53.6 Å². The lowest BCUT2D eigenvalue weighted by atomic mass is 10.00. The first kappa shape index (κ1) is 22.1. The van der Waals surface area contributed by atoms with Crippen LogP contribution in [0.2, 0.25) is 0 Å². The minimum atomic E-state index is -0.284. The first-order valence-electron chi connectivity index (χ1n) is 10.9. The van der Waals surface area contributed by atoms with Gasteiger partial charge in [-0.3, -0.25) is 9.59 Å². The van der Waals surface area contributed by atoms with Gasteiger partial charge in [0.2, 0.25) is 5.91 Å². The van der Waals surface area contributed by atoms with Gasteiger partial charge in [-0.05, 0) is 43.7 Å². The summed E-state index contributed by atoms with van der Waals surface area (Å²) >= 11 is 0. The lowest BCUT2D eigenvalue weighted by Gasteiger charge is -2.37. The van der Waals surface area contributed by atoms with Crippen LogP contribution in [0.5, 0.6) is 11.5 Å². The lowest BCUT2D eigenvalue weighted by molar-refractivity contribution is -0.133. The molecular weight excluding hydrogens is 408 g/mol. The van der Waals surface area contributed by atoms with Crippen LogP contribution in [0.3, 0.4) is 0 Å².